The summed E-state index contributed by atoms with van der Waals surface area (Å²) in [6.07, 6.45) is 4.30. The average molecular weight is 483 g/mol. The Morgan fingerprint density at radius 3 is 2.50 bits per heavy atom. The molecule has 4 rings (SSSR count). The van der Waals surface area contributed by atoms with Gasteiger partial charge in [-0.25, -0.2) is 4.79 Å². The first-order valence-electron chi connectivity index (χ1n) is 12.0. The van der Waals surface area contributed by atoms with E-state index in [1.54, 1.807) is 11.8 Å². The van der Waals surface area contributed by atoms with Crippen LogP contribution in [0.5, 0.6) is 5.75 Å². The number of carbonyl (C=O) groups excluding carboxylic acids is 2. The molecule has 2 N–H and O–H groups in total. The zero-order chi connectivity index (χ0) is 24.0. The van der Waals surface area contributed by atoms with Gasteiger partial charge in [-0.15, -0.1) is 0 Å². The van der Waals surface area contributed by atoms with Crippen LogP contribution in [-0.4, -0.2) is 65.1 Å². The summed E-state index contributed by atoms with van der Waals surface area (Å²) < 4.78 is 5.47. The van der Waals surface area contributed by atoms with Crippen LogP contribution >= 0.6 is 11.8 Å². The molecule has 0 aliphatic carbocycles. The molecule has 7 nitrogen and oxygen atoms in total. The minimum absolute atomic E-state index is 0.114. The fourth-order valence-corrected chi connectivity index (χ4v) is 5.26. The number of thioether (sulfide) groups is 1. The third-order valence-electron chi connectivity index (χ3n) is 6.61. The highest BCUT2D eigenvalue weighted by Gasteiger charge is 2.51. The monoisotopic (exact) mass is 482 g/mol. The molecular weight excluding hydrogens is 448 g/mol. The van der Waals surface area contributed by atoms with Crippen molar-refractivity contribution in [1.29, 1.82) is 0 Å². The van der Waals surface area contributed by atoms with Gasteiger partial charge in [-0.05, 0) is 55.2 Å². The number of ether oxygens (including phenoxy) is 1. The van der Waals surface area contributed by atoms with Crippen molar-refractivity contribution in [3.63, 3.8) is 0 Å². The number of anilines is 1. The summed E-state index contributed by atoms with van der Waals surface area (Å²) >= 11 is 1.76. The molecule has 1 unspecified atom stereocenters. The van der Waals surface area contributed by atoms with Crippen LogP contribution in [-0.2, 0) is 11.3 Å². The summed E-state index contributed by atoms with van der Waals surface area (Å²) in [5.74, 6) is 1.90. The molecule has 182 valence electrons. The Kier molecular flexibility index (Phi) is 8.00. The van der Waals surface area contributed by atoms with E-state index in [1.165, 1.54) is 0 Å². The fourth-order valence-electron chi connectivity index (χ4n) is 4.79. The number of rotatable bonds is 8. The van der Waals surface area contributed by atoms with Crippen LogP contribution in [0.15, 0.2) is 54.6 Å². The van der Waals surface area contributed by atoms with Gasteiger partial charge in [0.1, 0.15) is 5.75 Å². The predicted octanol–water partition coefficient (Wildman–Crippen LogP) is 4.16. The molecule has 2 saturated heterocycles. The molecule has 0 aromatic heterocycles. The summed E-state index contributed by atoms with van der Waals surface area (Å²) in [7, 11) is 0. The summed E-state index contributed by atoms with van der Waals surface area (Å²) in [5.41, 5.74) is 1.45. The number of nitrogens with one attached hydrogen (secondary N) is 2. The van der Waals surface area contributed by atoms with Gasteiger partial charge in [0.25, 0.3) is 0 Å². The molecule has 2 aliphatic rings. The third kappa shape index (κ3) is 5.50. The summed E-state index contributed by atoms with van der Waals surface area (Å²) in [6.45, 7) is 4.31. The van der Waals surface area contributed by atoms with Crippen molar-refractivity contribution in [3.05, 3.63) is 60.2 Å². The molecule has 1 atom stereocenters. The molecule has 0 saturated carbocycles. The van der Waals surface area contributed by atoms with Crippen molar-refractivity contribution < 1.29 is 14.3 Å². The standard InChI is InChI=1S/C26H34N4O3S/c1-3-33-22-11-9-21(10-12-22)27-25(32)29-16-14-26(15-17-29)28-23(13-18-34-2)24(31)30(26)19-20-7-5-4-6-8-20/h4-12,23,28H,3,13-19H2,1-2H3,(H,27,32). The van der Waals surface area contributed by atoms with Crippen LogP contribution in [0.1, 0.15) is 31.7 Å². The van der Waals surface area contributed by atoms with E-state index < -0.39 is 5.66 Å². The van der Waals surface area contributed by atoms with Crippen LogP contribution in [0.3, 0.4) is 0 Å². The number of hydrogen-bond donors (Lipinski definition) is 2. The molecule has 0 bridgehead atoms. The first-order chi connectivity index (χ1) is 16.5. The maximum Gasteiger partial charge on any atom is 0.321 e. The lowest BCUT2D eigenvalue weighted by Crippen LogP contribution is -2.59. The van der Waals surface area contributed by atoms with Crippen LogP contribution < -0.4 is 15.4 Å². The largest absolute Gasteiger partial charge is 0.494 e. The van der Waals surface area contributed by atoms with Crippen molar-refractivity contribution in [2.75, 3.05) is 37.0 Å². The number of hydrogen-bond acceptors (Lipinski definition) is 5. The maximum absolute atomic E-state index is 13.4. The molecular formula is C26H34N4O3S. The second-order valence-corrected chi connectivity index (χ2v) is 9.78. The highest BCUT2D eigenvalue weighted by Crippen LogP contribution is 2.35. The lowest BCUT2D eigenvalue weighted by atomic mass is 9.95. The number of urea groups is 1. The molecule has 0 radical (unpaired) electrons. The van der Waals surface area contributed by atoms with Gasteiger partial charge in [0.15, 0.2) is 0 Å². The molecule has 2 heterocycles. The predicted molar refractivity (Wildman–Crippen MR) is 137 cm³/mol. The van der Waals surface area contributed by atoms with Crippen LogP contribution in [0, 0.1) is 0 Å². The Balaban J connectivity index is 1.41. The summed E-state index contributed by atoms with van der Waals surface area (Å²) in [6, 6.07) is 17.3. The van der Waals surface area contributed by atoms with Crippen LogP contribution in [0.4, 0.5) is 10.5 Å². The Morgan fingerprint density at radius 1 is 1.15 bits per heavy atom. The van der Waals surface area contributed by atoms with Gasteiger partial charge in [0.2, 0.25) is 5.91 Å². The van der Waals surface area contributed by atoms with Gasteiger partial charge < -0.3 is 19.9 Å². The molecule has 2 aliphatic heterocycles. The molecule has 2 aromatic rings. The number of amides is 3. The topological polar surface area (TPSA) is 73.9 Å². The van der Waals surface area contributed by atoms with Crippen molar-refractivity contribution in [2.45, 2.75) is 44.4 Å². The van der Waals surface area contributed by atoms with E-state index in [-0.39, 0.29) is 18.0 Å². The minimum Gasteiger partial charge on any atom is -0.494 e. The molecule has 1 spiro atoms. The van der Waals surface area contributed by atoms with E-state index in [4.69, 9.17) is 4.74 Å². The molecule has 2 fully saturated rings. The first-order valence-corrected chi connectivity index (χ1v) is 13.3. The number of benzene rings is 2. The summed E-state index contributed by atoms with van der Waals surface area (Å²) in [4.78, 5) is 30.1. The fraction of sp³-hybridized carbons (Fsp3) is 0.462. The first kappa shape index (κ1) is 24.4. The molecule has 34 heavy (non-hydrogen) atoms. The Bertz CT molecular complexity index is 962. The van der Waals surface area contributed by atoms with Crippen molar-refractivity contribution >= 4 is 29.4 Å². The smallest absolute Gasteiger partial charge is 0.321 e. The normalized spacial score (nSPS) is 19.5. The van der Waals surface area contributed by atoms with Crippen molar-refractivity contribution in [3.8, 4) is 5.75 Å². The number of piperidine rings is 1. The van der Waals surface area contributed by atoms with E-state index in [0.717, 1.165) is 29.2 Å². The lowest BCUT2D eigenvalue weighted by Gasteiger charge is -2.44. The SMILES string of the molecule is CCOc1ccc(NC(=O)N2CCC3(CC2)NC(CCSC)C(=O)N3Cc2ccccc2)cc1. The third-order valence-corrected chi connectivity index (χ3v) is 7.26. The quantitative estimate of drug-likeness (QED) is 0.591. The molecule has 3 amide bonds. The zero-order valence-corrected chi connectivity index (χ0v) is 20.8. The molecule has 8 heteroatoms. The van der Waals surface area contributed by atoms with Gasteiger partial charge in [-0.3, -0.25) is 10.1 Å². The van der Waals surface area contributed by atoms with E-state index in [2.05, 4.69) is 29.0 Å². The number of likely N-dealkylation sites (tertiary alicyclic amines) is 1. The number of carbonyl (C=O) groups is 2. The van der Waals surface area contributed by atoms with Crippen molar-refractivity contribution in [2.24, 2.45) is 0 Å². The van der Waals surface area contributed by atoms with Crippen molar-refractivity contribution in [1.82, 2.24) is 15.1 Å². The maximum atomic E-state index is 13.4. The van der Waals surface area contributed by atoms with E-state index in [0.29, 0.717) is 39.1 Å². The van der Waals surface area contributed by atoms with Crippen LogP contribution in [0.25, 0.3) is 0 Å². The number of nitrogens with zero attached hydrogens (tertiary/aromatic N) is 2. The second kappa shape index (κ2) is 11.1. The van der Waals surface area contributed by atoms with Gasteiger partial charge in [-0.2, -0.15) is 11.8 Å². The van der Waals surface area contributed by atoms with E-state index >= 15 is 0 Å². The Morgan fingerprint density at radius 2 is 1.85 bits per heavy atom. The van der Waals surface area contributed by atoms with Gasteiger partial charge >= 0.3 is 6.03 Å². The van der Waals surface area contributed by atoms with Gasteiger partial charge in [0, 0.05) is 38.2 Å². The van der Waals surface area contributed by atoms with E-state index in [1.807, 2.05) is 59.2 Å². The lowest BCUT2D eigenvalue weighted by molar-refractivity contribution is -0.134. The average Bonchev–Trinajstić information content (AvgIpc) is 3.10. The van der Waals surface area contributed by atoms with Crippen LogP contribution in [0.2, 0.25) is 0 Å². The zero-order valence-electron chi connectivity index (χ0n) is 20.0. The minimum atomic E-state index is -0.411. The molecule has 2 aromatic carbocycles. The highest BCUT2D eigenvalue weighted by atomic mass is 32.2. The Labute approximate surface area is 206 Å². The van der Waals surface area contributed by atoms with E-state index in [9.17, 15) is 9.59 Å². The van der Waals surface area contributed by atoms with Gasteiger partial charge in [-0.1, -0.05) is 30.3 Å². The highest BCUT2D eigenvalue weighted by molar-refractivity contribution is 7.98. The Hall–Kier alpha value is -2.71. The summed E-state index contributed by atoms with van der Waals surface area (Å²) in [5, 5.41) is 6.66. The second-order valence-electron chi connectivity index (χ2n) is 8.79. The van der Waals surface area contributed by atoms with Gasteiger partial charge in [0.05, 0.1) is 18.3 Å².